The van der Waals surface area contributed by atoms with Crippen molar-refractivity contribution < 1.29 is 27.9 Å². The lowest BCUT2D eigenvalue weighted by Gasteiger charge is -2.27. The third kappa shape index (κ3) is 4.65. The van der Waals surface area contributed by atoms with Crippen LogP contribution in [0.5, 0.6) is 0 Å². The monoisotopic (exact) mass is 475 g/mol. The first-order valence-electron chi connectivity index (χ1n) is 10.9. The van der Waals surface area contributed by atoms with E-state index in [2.05, 4.69) is 20.4 Å². The van der Waals surface area contributed by atoms with Gasteiger partial charge in [-0.2, -0.15) is 18.3 Å². The number of rotatable bonds is 5. The predicted octanol–water partition coefficient (Wildman–Crippen LogP) is 4.26. The molecule has 4 rings (SSSR count). The van der Waals surface area contributed by atoms with Crippen LogP contribution in [-0.2, 0) is 16.6 Å². The van der Waals surface area contributed by atoms with Crippen LogP contribution < -0.4 is 5.32 Å². The second-order valence-electron chi connectivity index (χ2n) is 9.01. The van der Waals surface area contributed by atoms with Crippen molar-refractivity contribution in [2.45, 2.75) is 57.3 Å². The van der Waals surface area contributed by atoms with Crippen LogP contribution in [0.15, 0.2) is 30.7 Å². The van der Waals surface area contributed by atoms with Gasteiger partial charge in [0, 0.05) is 34.9 Å². The quantitative estimate of drug-likeness (QED) is 0.534. The fourth-order valence-electron chi connectivity index (χ4n) is 4.37. The van der Waals surface area contributed by atoms with Crippen LogP contribution in [0.4, 0.5) is 18.9 Å². The molecule has 0 aliphatic heterocycles. The highest BCUT2D eigenvalue weighted by Gasteiger charge is 2.38. The topological polar surface area (TPSA) is 110 Å². The number of aldehydes is 1. The second-order valence-corrected chi connectivity index (χ2v) is 9.01. The minimum atomic E-state index is -4.85. The Morgan fingerprint density at radius 2 is 1.82 bits per heavy atom. The van der Waals surface area contributed by atoms with Crippen molar-refractivity contribution in [3.05, 3.63) is 47.7 Å². The highest BCUT2D eigenvalue weighted by atomic mass is 19.4. The highest BCUT2D eigenvalue weighted by molar-refractivity contribution is 6.05. The Morgan fingerprint density at radius 3 is 2.44 bits per heavy atom. The first-order chi connectivity index (χ1) is 16.0. The maximum Gasteiger partial charge on any atom is 0.435 e. The minimum absolute atomic E-state index is 0.0505. The molecule has 1 aliphatic rings. The molecule has 2 aromatic heterocycles. The molecular weight excluding hydrogens is 451 g/mol. The number of alkyl halides is 3. The number of amides is 1. The summed E-state index contributed by atoms with van der Waals surface area (Å²) in [4.78, 5) is 30.7. The Kier molecular flexibility index (Phi) is 6.15. The van der Waals surface area contributed by atoms with Crippen molar-refractivity contribution in [1.29, 1.82) is 0 Å². The molecule has 0 spiro atoms. The lowest BCUT2D eigenvalue weighted by molar-refractivity contribution is -0.141. The van der Waals surface area contributed by atoms with E-state index < -0.39 is 29.1 Å². The maximum atomic E-state index is 13.3. The Labute approximate surface area is 193 Å². The number of carbonyl (C=O) groups is 2. The van der Waals surface area contributed by atoms with Crippen LogP contribution in [-0.4, -0.2) is 37.0 Å². The number of nitrogens with one attached hydrogen (secondary N) is 1. The number of halogens is 3. The largest absolute Gasteiger partial charge is 0.435 e. The number of anilines is 1. The zero-order valence-corrected chi connectivity index (χ0v) is 18.6. The molecule has 8 nitrogen and oxygen atoms in total. The highest BCUT2D eigenvalue weighted by Crippen LogP contribution is 2.37. The van der Waals surface area contributed by atoms with Crippen LogP contribution in [0.3, 0.4) is 0 Å². The van der Waals surface area contributed by atoms with Gasteiger partial charge in [-0.1, -0.05) is 0 Å². The summed E-state index contributed by atoms with van der Waals surface area (Å²) in [6.07, 6.45) is 2.71. The van der Waals surface area contributed by atoms with Gasteiger partial charge in [0.1, 0.15) is 6.29 Å². The number of benzene rings is 1. The van der Waals surface area contributed by atoms with Crippen molar-refractivity contribution in [3.63, 3.8) is 0 Å². The number of hydrogen-bond donors (Lipinski definition) is 2. The van der Waals surface area contributed by atoms with Crippen molar-refractivity contribution in [1.82, 2.24) is 19.7 Å². The standard InChI is InChI=1S/C23H24F3N5O3/c1-22(2,34)16-10-18-14(11-29-31(18)15-5-3-13(12-32)4-6-15)9-17(16)30-21(33)19-20(23(24,25)26)28-8-7-27-19/h7-13,15,34H,3-6H2,1-2H3,(H,30,33). The van der Waals surface area contributed by atoms with Gasteiger partial charge in [-0.15, -0.1) is 0 Å². The second kappa shape index (κ2) is 8.79. The first-order valence-corrected chi connectivity index (χ1v) is 10.9. The van der Waals surface area contributed by atoms with Gasteiger partial charge in [0.05, 0.1) is 23.4 Å². The lowest BCUT2D eigenvalue weighted by atomic mass is 9.87. The van der Waals surface area contributed by atoms with E-state index in [0.29, 0.717) is 10.9 Å². The summed E-state index contributed by atoms with van der Waals surface area (Å²) in [5, 5.41) is 18.4. The molecule has 0 saturated heterocycles. The van der Waals surface area contributed by atoms with E-state index in [0.717, 1.165) is 49.9 Å². The molecular formula is C23H24F3N5O3. The summed E-state index contributed by atoms with van der Waals surface area (Å²) >= 11 is 0. The van der Waals surface area contributed by atoms with E-state index in [4.69, 9.17) is 0 Å². The normalized spacial score (nSPS) is 19.2. The molecule has 0 atom stereocenters. The molecule has 2 N–H and O–H groups in total. The Balaban J connectivity index is 1.72. The van der Waals surface area contributed by atoms with Crippen LogP contribution in [0.1, 0.15) is 67.3 Å². The number of fused-ring (bicyclic) bond motifs is 1. The van der Waals surface area contributed by atoms with Crippen LogP contribution in [0.2, 0.25) is 0 Å². The van der Waals surface area contributed by atoms with Crippen LogP contribution in [0.25, 0.3) is 10.9 Å². The van der Waals surface area contributed by atoms with Gasteiger partial charge in [0.15, 0.2) is 11.4 Å². The fraction of sp³-hybridized carbons (Fsp3) is 0.435. The van der Waals surface area contributed by atoms with Gasteiger partial charge >= 0.3 is 6.18 Å². The van der Waals surface area contributed by atoms with Gasteiger partial charge in [-0.25, -0.2) is 9.97 Å². The third-order valence-electron chi connectivity index (χ3n) is 6.10. The Morgan fingerprint density at radius 1 is 1.15 bits per heavy atom. The molecule has 1 amide bonds. The van der Waals surface area contributed by atoms with Crippen molar-refractivity contribution >= 4 is 28.8 Å². The first kappa shape index (κ1) is 23.8. The van der Waals surface area contributed by atoms with Gasteiger partial charge < -0.3 is 15.2 Å². The number of aromatic nitrogens is 4. The van der Waals surface area contributed by atoms with Crippen molar-refractivity contribution in [2.75, 3.05) is 5.32 Å². The van der Waals surface area contributed by atoms with Gasteiger partial charge in [0.25, 0.3) is 5.91 Å². The zero-order valence-electron chi connectivity index (χ0n) is 18.6. The van der Waals surface area contributed by atoms with E-state index in [9.17, 15) is 27.9 Å². The summed E-state index contributed by atoms with van der Waals surface area (Å²) in [5.41, 5.74) is -2.49. The van der Waals surface area contributed by atoms with Gasteiger partial charge in [-0.05, 0) is 51.7 Å². The van der Waals surface area contributed by atoms with E-state index in [-0.39, 0.29) is 17.6 Å². The number of hydrogen-bond acceptors (Lipinski definition) is 6. The summed E-state index contributed by atoms with van der Waals surface area (Å²) in [7, 11) is 0. The summed E-state index contributed by atoms with van der Waals surface area (Å²) in [6.45, 7) is 3.03. The van der Waals surface area contributed by atoms with Gasteiger partial charge in [0.2, 0.25) is 0 Å². The molecule has 1 aromatic carbocycles. The Bertz CT molecular complexity index is 1220. The molecule has 1 fully saturated rings. The molecule has 1 saturated carbocycles. The molecule has 180 valence electrons. The zero-order chi connectivity index (χ0) is 24.7. The number of aliphatic hydroxyl groups is 1. The maximum absolute atomic E-state index is 13.3. The smallest absolute Gasteiger partial charge is 0.386 e. The summed E-state index contributed by atoms with van der Waals surface area (Å²) < 4.78 is 41.7. The molecule has 0 bridgehead atoms. The third-order valence-corrected chi connectivity index (χ3v) is 6.10. The number of nitrogens with zero attached hydrogens (tertiary/aromatic N) is 4. The average molecular weight is 475 g/mol. The summed E-state index contributed by atoms with van der Waals surface area (Å²) in [5.74, 6) is -1.04. The number of carbonyl (C=O) groups excluding carboxylic acids is 2. The van der Waals surface area contributed by atoms with E-state index in [1.807, 2.05) is 4.68 Å². The van der Waals surface area contributed by atoms with Crippen LogP contribution in [0, 0.1) is 5.92 Å². The Hall–Kier alpha value is -3.34. The molecule has 1 aliphatic carbocycles. The molecule has 0 unspecified atom stereocenters. The minimum Gasteiger partial charge on any atom is -0.386 e. The van der Waals surface area contributed by atoms with Crippen molar-refractivity contribution in [2.24, 2.45) is 5.92 Å². The van der Waals surface area contributed by atoms with E-state index in [1.54, 1.807) is 18.3 Å². The fourth-order valence-corrected chi connectivity index (χ4v) is 4.37. The summed E-state index contributed by atoms with van der Waals surface area (Å²) in [6, 6.07) is 3.34. The average Bonchev–Trinajstić information content (AvgIpc) is 3.20. The van der Waals surface area contributed by atoms with Crippen molar-refractivity contribution in [3.8, 4) is 0 Å². The van der Waals surface area contributed by atoms with E-state index >= 15 is 0 Å². The molecule has 3 aromatic rings. The van der Waals surface area contributed by atoms with E-state index in [1.165, 1.54) is 13.8 Å². The lowest BCUT2D eigenvalue weighted by Crippen LogP contribution is -2.25. The molecule has 0 radical (unpaired) electrons. The molecule has 2 heterocycles. The van der Waals surface area contributed by atoms with Gasteiger partial charge in [-0.3, -0.25) is 9.48 Å². The van der Waals surface area contributed by atoms with Crippen LogP contribution >= 0.6 is 0 Å². The predicted molar refractivity (Wildman–Crippen MR) is 117 cm³/mol. The SMILES string of the molecule is CC(C)(O)c1cc2c(cnn2C2CCC(C=O)CC2)cc1NC(=O)c1nccnc1C(F)(F)F. The molecule has 34 heavy (non-hydrogen) atoms. The molecule has 11 heteroatoms.